The zero-order valence-electron chi connectivity index (χ0n) is 21.1. The van der Waals surface area contributed by atoms with Crippen molar-refractivity contribution in [3.63, 3.8) is 0 Å². The fourth-order valence-electron chi connectivity index (χ4n) is 3.73. The van der Waals surface area contributed by atoms with Gasteiger partial charge in [0.25, 0.3) is 5.91 Å². The minimum atomic E-state index is -0.499. The lowest BCUT2D eigenvalue weighted by Crippen LogP contribution is -2.22. The molecule has 4 aromatic rings. The van der Waals surface area contributed by atoms with E-state index in [2.05, 4.69) is 15.3 Å². The van der Waals surface area contributed by atoms with E-state index in [0.717, 1.165) is 0 Å². The van der Waals surface area contributed by atoms with Gasteiger partial charge in [-0.3, -0.25) is 9.78 Å². The molecular formula is C27H27N3O7. The Labute approximate surface area is 213 Å². The van der Waals surface area contributed by atoms with Gasteiger partial charge in [-0.1, -0.05) is 0 Å². The Morgan fingerprint density at radius 2 is 1.68 bits per heavy atom. The third-order valence-corrected chi connectivity index (χ3v) is 5.69. The van der Waals surface area contributed by atoms with Gasteiger partial charge in [0.15, 0.2) is 5.58 Å². The predicted molar refractivity (Wildman–Crippen MR) is 137 cm³/mol. The number of ether oxygens (including phenoxy) is 4. The SMILES string of the molecule is COc1cc(N=c2oc3c(C)ncc(CO)c3cc2C(=O)Nc2ccc(OC)cc2OC)cc(OC)c1. The van der Waals surface area contributed by atoms with Crippen LogP contribution in [-0.2, 0) is 6.61 Å². The molecule has 0 atom stereocenters. The number of benzene rings is 2. The van der Waals surface area contributed by atoms with Gasteiger partial charge in [0.2, 0.25) is 5.55 Å². The van der Waals surface area contributed by atoms with Crippen LogP contribution in [0.3, 0.4) is 0 Å². The van der Waals surface area contributed by atoms with Crippen LogP contribution in [0.5, 0.6) is 23.0 Å². The van der Waals surface area contributed by atoms with E-state index in [4.69, 9.17) is 23.4 Å². The molecule has 0 aliphatic rings. The summed E-state index contributed by atoms with van der Waals surface area (Å²) in [4.78, 5) is 22.5. The Morgan fingerprint density at radius 3 is 2.30 bits per heavy atom. The summed E-state index contributed by atoms with van der Waals surface area (Å²) in [6, 6.07) is 11.7. The molecule has 0 saturated carbocycles. The van der Waals surface area contributed by atoms with Crippen LogP contribution in [0.4, 0.5) is 11.4 Å². The molecule has 37 heavy (non-hydrogen) atoms. The van der Waals surface area contributed by atoms with Gasteiger partial charge in [0.05, 0.1) is 52.1 Å². The van der Waals surface area contributed by atoms with E-state index in [-0.39, 0.29) is 17.7 Å². The van der Waals surface area contributed by atoms with Crippen LogP contribution in [0.15, 0.2) is 58.1 Å². The van der Waals surface area contributed by atoms with Crippen LogP contribution in [0.2, 0.25) is 0 Å². The highest BCUT2D eigenvalue weighted by Gasteiger charge is 2.18. The predicted octanol–water partition coefficient (Wildman–Crippen LogP) is 4.15. The second-order valence-electron chi connectivity index (χ2n) is 7.94. The molecule has 0 saturated heterocycles. The number of hydrogen-bond acceptors (Lipinski definition) is 9. The second-order valence-corrected chi connectivity index (χ2v) is 7.94. The Bertz CT molecular complexity index is 1510. The Morgan fingerprint density at radius 1 is 0.973 bits per heavy atom. The summed E-state index contributed by atoms with van der Waals surface area (Å²) >= 11 is 0. The first-order chi connectivity index (χ1) is 17.9. The van der Waals surface area contributed by atoms with Crippen molar-refractivity contribution in [1.29, 1.82) is 0 Å². The number of nitrogens with one attached hydrogen (secondary N) is 1. The first kappa shape index (κ1) is 25.5. The van der Waals surface area contributed by atoms with Crippen LogP contribution >= 0.6 is 0 Å². The maximum Gasteiger partial charge on any atom is 0.261 e. The van der Waals surface area contributed by atoms with Crippen LogP contribution in [0, 0.1) is 6.92 Å². The van der Waals surface area contributed by atoms with Crippen molar-refractivity contribution in [2.75, 3.05) is 33.8 Å². The molecule has 0 aliphatic carbocycles. The van der Waals surface area contributed by atoms with Crippen molar-refractivity contribution in [3.8, 4) is 23.0 Å². The number of aliphatic hydroxyl groups is 1. The third-order valence-electron chi connectivity index (χ3n) is 5.69. The molecule has 0 fully saturated rings. The number of methoxy groups -OCH3 is 4. The topological polar surface area (TPSA) is 125 Å². The van der Waals surface area contributed by atoms with Crippen LogP contribution in [0.25, 0.3) is 11.0 Å². The molecule has 2 heterocycles. The fourth-order valence-corrected chi connectivity index (χ4v) is 3.73. The number of carbonyl (C=O) groups excluding carboxylic acids is 1. The molecule has 2 aromatic heterocycles. The normalized spacial score (nSPS) is 11.4. The summed E-state index contributed by atoms with van der Waals surface area (Å²) in [6.07, 6.45) is 1.55. The lowest BCUT2D eigenvalue weighted by Gasteiger charge is -2.13. The average Bonchev–Trinajstić information content (AvgIpc) is 2.93. The standard InChI is InChI=1S/C27H27N3O7/c1-15-25-21(16(14-31)13-28-15)12-22(26(32)30-23-7-6-18(33-2)11-24(23)36-5)27(37-25)29-17-8-19(34-3)10-20(9-17)35-4/h6-13,31H,14H2,1-5H3,(H,30,32). The summed E-state index contributed by atoms with van der Waals surface area (Å²) in [6.45, 7) is 1.49. The number of nitrogens with zero attached hydrogens (tertiary/aromatic N) is 2. The molecule has 0 spiro atoms. The van der Waals surface area contributed by atoms with Crippen molar-refractivity contribution in [2.24, 2.45) is 4.99 Å². The highest BCUT2D eigenvalue weighted by Crippen LogP contribution is 2.30. The van der Waals surface area contributed by atoms with Crippen LogP contribution < -0.4 is 29.8 Å². The zero-order valence-corrected chi connectivity index (χ0v) is 21.1. The van der Waals surface area contributed by atoms with Crippen molar-refractivity contribution in [3.05, 3.63) is 71.0 Å². The quantitative estimate of drug-likeness (QED) is 0.366. The monoisotopic (exact) mass is 505 g/mol. The van der Waals surface area contributed by atoms with Gasteiger partial charge in [0, 0.05) is 41.4 Å². The highest BCUT2D eigenvalue weighted by molar-refractivity contribution is 6.06. The highest BCUT2D eigenvalue weighted by atomic mass is 16.5. The minimum absolute atomic E-state index is 0.0350. The number of hydrogen-bond donors (Lipinski definition) is 2. The molecule has 2 aromatic carbocycles. The van der Waals surface area contributed by atoms with Crippen LogP contribution in [-0.4, -0.2) is 44.4 Å². The fraction of sp³-hybridized carbons (Fsp3) is 0.222. The van der Waals surface area contributed by atoms with Crippen molar-refractivity contribution in [1.82, 2.24) is 4.98 Å². The molecular weight excluding hydrogens is 478 g/mol. The number of rotatable bonds is 8. The van der Waals surface area contributed by atoms with E-state index < -0.39 is 5.91 Å². The maximum absolute atomic E-state index is 13.6. The molecule has 0 aliphatic heterocycles. The Kier molecular flexibility index (Phi) is 7.59. The summed E-state index contributed by atoms with van der Waals surface area (Å²) in [5, 5.41) is 13.3. The smallest absolute Gasteiger partial charge is 0.261 e. The lowest BCUT2D eigenvalue weighted by atomic mass is 10.1. The van der Waals surface area contributed by atoms with Gasteiger partial charge < -0.3 is 33.8 Å². The number of aryl methyl sites for hydroxylation is 1. The van der Waals surface area contributed by atoms with E-state index in [9.17, 15) is 9.90 Å². The van der Waals surface area contributed by atoms with E-state index in [1.54, 1.807) is 62.7 Å². The van der Waals surface area contributed by atoms with E-state index in [1.807, 2.05) is 0 Å². The molecule has 0 radical (unpaired) electrons. The van der Waals surface area contributed by atoms with Gasteiger partial charge in [-0.15, -0.1) is 0 Å². The first-order valence-electron chi connectivity index (χ1n) is 11.2. The average molecular weight is 506 g/mol. The molecule has 10 nitrogen and oxygen atoms in total. The number of anilines is 1. The molecule has 0 unspecified atom stereocenters. The van der Waals surface area contributed by atoms with Crippen molar-refractivity contribution >= 4 is 28.3 Å². The minimum Gasteiger partial charge on any atom is -0.497 e. The Balaban J connectivity index is 1.92. The molecule has 2 N–H and O–H groups in total. The Hall–Kier alpha value is -4.57. The van der Waals surface area contributed by atoms with E-state index >= 15 is 0 Å². The van der Waals surface area contributed by atoms with Gasteiger partial charge >= 0.3 is 0 Å². The first-order valence-corrected chi connectivity index (χ1v) is 11.2. The molecule has 0 bridgehead atoms. The van der Waals surface area contributed by atoms with Crippen molar-refractivity contribution in [2.45, 2.75) is 13.5 Å². The molecule has 4 rings (SSSR count). The largest absolute Gasteiger partial charge is 0.497 e. The van der Waals surface area contributed by atoms with E-state index in [1.165, 1.54) is 21.3 Å². The second kappa shape index (κ2) is 11.0. The number of aliphatic hydroxyl groups excluding tert-OH is 1. The number of aromatic nitrogens is 1. The van der Waals surface area contributed by atoms with Gasteiger partial charge in [-0.2, -0.15) is 0 Å². The molecule has 192 valence electrons. The van der Waals surface area contributed by atoms with Crippen LogP contribution in [0.1, 0.15) is 21.6 Å². The summed E-state index contributed by atoms with van der Waals surface area (Å²) in [5.41, 5.74) is 2.53. The number of carbonyl (C=O) groups is 1. The molecule has 10 heteroatoms. The summed E-state index contributed by atoms with van der Waals surface area (Å²) < 4.78 is 27.5. The number of pyridine rings is 1. The van der Waals surface area contributed by atoms with Gasteiger partial charge in [-0.25, -0.2) is 4.99 Å². The molecule has 1 amide bonds. The van der Waals surface area contributed by atoms with Gasteiger partial charge in [0.1, 0.15) is 28.6 Å². The summed E-state index contributed by atoms with van der Waals surface area (Å²) in [7, 11) is 6.10. The van der Waals surface area contributed by atoms with Crippen molar-refractivity contribution < 1.29 is 33.3 Å². The summed E-state index contributed by atoms with van der Waals surface area (Å²) in [5.74, 6) is 1.54. The maximum atomic E-state index is 13.6. The zero-order chi connectivity index (χ0) is 26.5. The third kappa shape index (κ3) is 5.34. The van der Waals surface area contributed by atoms with E-state index in [0.29, 0.717) is 56.6 Å². The number of amides is 1. The lowest BCUT2D eigenvalue weighted by molar-refractivity contribution is 0.102. The van der Waals surface area contributed by atoms with Gasteiger partial charge in [-0.05, 0) is 25.1 Å². The number of fused-ring (bicyclic) bond motifs is 1.